The van der Waals surface area contributed by atoms with E-state index in [0.29, 0.717) is 4.90 Å². The first-order valence-corrected chi connectivity index (χ1v) is 7.95. The fourth-order valence-electron chi connectivity index (χ4n) is 2.37. The van der Waals surface area contributed by atoms with Gasteiger partial charge in [0.15, 0.2) is 9.84 Å². The van der Waals surface area contributed by atoms with Gasteiger partial charge in [0, 0.05) is 0 Å². The summed E-state index contributed by atoms with van der Waals surface area (Å²) in [6.45, 7) is 0.219. The Morgan fingerprint density at radius 3 is 2.15 bits per heavy atom. The van der Waals surface area contributed by atoms with Crippen LogP contribution in [0, 0.1) is 0 Å². The Labute approximate surface area is 118 Å². The molecule has 3 rings (SSSR count). The standard InChI is InChI=1S/C15H14N2O2S/c18-20(19,13-9-5-2-6-10-13)14-11-16-17-15(14)12-7-3-1-4-8-12/h1-10,14-15H,11H2/t14-,15+/m0/s1. The fraction of sp³-hybridized carbons (Fsp3) is 0.200. The lowest BCUT2D eigenvalue weighted by atomic mass is 10.1. The summed E-state index contributed by atoms with van der Waals surface area (Å²) in [6, 6.07) is 17.5. The molecule has 1 aliphatic rings. The molecule has 2 aromatic rings. The molecule has 0 bridgehead atoms. The van der Waals surface area contributed by atoms with E-state index in [9.17, 15) is 8.42 Å². The van der Waals surface area contributed by atoms with Crippen molar-refractivity contribution in [1.29, 1.82) is 0 Å². The first-order chi connectivity index (χ1) is 9.69. The first kappa shape index (κ1) is 13.0. The van der Waals surface area contributed by atoms with Gasteiger partial charge in [0.05, 0.1) is 11.4 Å². The highest BCUT2D eigenvalue weighted by atomic mass is 32.2. The summed E-state index contributed by atoms with van der Waals surface area (Å²) >= 11 is 0. The van der Waals surface area contributed by atoms with E-state index >= 15 is 0 Å². The highest BCUT2D eigenvalue weighted by Crippen LogP contribution is 2.34. The van der Waals surface area contributed by atoms with E-state index in [1.54, 1.807) is 30.3 Å². The van der Waals surface area contributed by atoms with Crippen LogP contribution in [0.4, 0.5) is 0 Å². The maximum absolute atomic E-state index is 12.7. The molecule has 0 fully saturated rings. The van der Waals surface area contributed by atoms with Gasteiger partial charge in [-0.3, -0.25) is 0 Å². The minimum absolute atomic E-state index is 0.219. The van der Waals surface area contributed by atoms with E-state index in [1.807, 2.05) is 30.3 Å². The van der Waals surface area contributed by atoms with Crippen molar-refractivity contribution in [3.63, 3.8) is 0 Å². The van der Waals surface area contributed by atoms with Crippen LogP contribution in [0.2, 0.25) is 0 Å². The molecule has 0 aliphatic carbocycles. The molecule has 1 aliphatic heterocycles. The zero-order valence-corrected chi connectivity index (χ0v) is 11.6. The molecule has 4 nitrogen and oxygen atoms in total. The quantitative estimate of drug-likeness (QED) is 0.870. The third-order valence-corrected chi connectivity index (χ3v) is 5.56. The second kappa shape index (κ2) is 5.17. The molecule has 0 amide bonds. The van der Waals surface area contributed by atoms with E-state index < -0.39 is 21.1 Å². The lowest BCUT2D eigenvalue weighted by molar-refractivity contribution is 0.571. The molecule has 0 unspecified atom stereocenters. The van der Waals surface area contributed by atoms with Gasteiger partial charge < -0.3 is 0 Å². The van der Waals surface area contributed by atoms with E-state index in [4.69, 9.17) is 0 Å². The Morgan fingerprint density at radius 2 is 1.50 bits per heavy atom. The zero-order valence-electron chi connectivity index (χ0n) is 10.8. The van der Waals surface area contributed by atoms with Crippen LogP contribution in [0.3, 0.4) is 0 Å². The minimum atomic E-state index is -3.42. The Kier molecular flexibility index (Phi) is 3.36. The number of sulfone groups is 1. The van der Waals surface area contributed by atoms with E-state index in [2.05, 4.69) is 10.2 Å². The predicted octanol–water partition coefficient (Wildman–Crippen LogP) is 3.04. The van der Waals surface area contributed by atoms with Gasteiger partial charge in [-0.2, -0.15) is 10.2 Å². The molecule has 102 valence electrons. The first-order valence-electron chi connectivity index (χ1n) is 6.40. The number of benzene rings is 2. The molecule has 20 heavy (non-hydrogen) atoms. The highest BCUT2D eigenvalue weighted by molar-refractivity contribution is 7.92. The average Bonchev–Trinajstić information content (AvgIpc) is 2.99. The molecule has 0 saturated carbocycles. The number of nitrogens with zero attached hydrogens (tertiary/aromatic N) is 2. The van der Waals surface area contributed by atoms with Gasteiger partial charge in [0.1, 0.15) is 11.3 Å². The molecular weight excluding hydrogens is 272 g/mol. The predicted molar refractivity (Wildman–Crippen MR) is 76.3 cm³/mol. The van der Waals surface area contributed by atoms with Gasteiger partial charge in [-0.05, 0) is 17.7 Å². The summed E-state index contributed by atoms with van der Waals surface area (Å²) in [7, 11) is -3.42. The average molecular weight is 286 g/mol. The molecule has 2 atom stereocenters. The van der Waals surface area contributed by atoms with Crippen molar-refractivity contribution in [2.75, 3.05) is 6.54 Å². The van der Waals surface area contributed by atoms with Crippen LogP contribution in [-0.4, -0.2) is 20.2 Å². The molecular formula is C15H14N2O2S. The Balaban J connectivity index is 1.98. The van der Waals surface area contributed by atoms with Crippen molar-refractivity contribution in [2.45, 2.75) is 16.2 Å². The topological polar surface area (TPSA) is 58.9 Å². The number of hydrogen-bond acceptors (Lipinski definition) is 4. The van der Waals surface area contributed by atoms with Gasteiger partial charge in [-0.15, -0.1) is 0 Å². The number of rotatable bonds is 3. The number of azo groups is 1. The normalized spacial score (nSPS) is 22.0. The maximum Gasteiger partial charge on any atom is 0.185 e. The largest absolute Gasteiger partial charge is 0.223 e. The van der Waals surface area contributed by atoms with Gasteiger partial charge in [-0.1, -0.05) is 48.5 Å². The molecule has 1 heterocycles. The van der Waals surface area contributed by atoms with Crippen molar-refractivity contribution < 1.29 is 8.42 Å². The van der Waals surface area contributed by atoms with Crippen LogP contribution in [0.15, 0.2) is 75.8 Å². The van der Waals surface area contributed by atoms with Gasteiger partial charge in [-0.25, -0.2) is 8.42 Å². The third-order valence-electron chi connectivity index (χ3n) is 3.43. The van der Waals surface area contributed by atoms with Crippen LogP contribution in [-0.2, 0) is 9.84 Å². The third kappa shape index (κ3) is 2.25. The van der Waals surface area contributed by atoms with E-state index in [0.717, 1.165) is 5.56 Å². The van der Waals surface area contributed by atoms with Crippen molar-refractivity contribution in [2.24, 2.45) is 10.2 Å². The Bertz CT molecular complexity index is 712. The van der Waals surface area contributed by atoms with Crippen LogP contribution in [0.5, 0.6) is 0 Å². The van der Waals surface area contributed by atoms with Crippen LogP contribution < -0.4 is 0 Å². The molecule has 5 heteroatoms. The molecule has 0 radical (unpaired) electrons. The molecule has 2 aromatic carbocycles. The van der Waals surface area contributed by atoms with Crippen LogP contribution in [0.1, 0.15) is 11.6 Å². The summed E-state index contributed by atoms with van der Waals surface area (Å²) in [4.78, 5) is 0.332. The van der Waals surface area contributed by atoms with Crippen molar-refractivity contribution in [3.05, 3.63) is 66.2 Å². The monoisotopic (exact) mass is 286 g/mol. The smallest absolute Gasteiger partial charge is 0.185 e. The summed E-state index contributed by atoms with van der Waals surface area (Å²) in [5, 5.41) is 7.47. The second-order valence-electron chi connectivity index (χ2n) is 4.69. The Hall–Kier alpha value is -2.01. The number of hydrogen-bond donors (Lipinski definition) is 0. The highest BCUT2D eigenvalue weighted by Gasteiger charge is 2.38. The summed E-state index contributed by atoms with van der Waals surface area (Å²) < 4.78 is 25.4. The van der Waals surface area contributed by atoms with Gasteiger partial charge in [0.2, 0.25) is 0 Å². The zero-order chi connectivity index (χ0) is 14.0. The summed E-state index contributed by atoms with van der Waals surface area (Å²) in [6.07, 6.45) is 0. The van der Waals surface area contributed by atoms with Gasteiger partial charge >= 0.3 is 0 Å². The van der Waals surface area contributed by atoms with Crippen molar-refractivity contribution in [3.8, 4) is 0 Å². The SMILES string of the molecule is O=S(=O)(c1ccccc1)[C@H]1CN=N[C@@H]1c1ccccc1. The van der Waals surface area contributed by atoms with Crippen LogP contribution >= 0.6 is 0 Å². The summed E-state index contributed by atoms with van der Waals surface area (Å²) in [5.74, 6) is 0. The van der Waals surface area contributed by atoms with E-state index in [1.165, 1.54) is 0 Å². The molecule has 0 spiro atoms. The fourth-order valence-corrected chi connectivity index (χ4v) is 4.07. The maximum atomic E-state index is 12.7. The second-order valence-corrected chi connectivity index (χ2v) is 6.86. The minimum Gasteiger partial charge on any atom is -0.223 e. The molecule has 0 aromatic heterocycles. The van der Waals surface area contributed by atoms with Gasteiger partial charge in [0.25, 0.3) is 0 Å². The van der Waals surface area contributed by atoms with E-state index in [-0.39, 0.29) is 6.54 Å². The lowest BCUT2D eigenvalue weighted by Gasteiger charge is -2.17. The van der Waals surface area contributed by atoms with Crippen molar-refractivity contribution in [1.82, 2.24) is 0 Å². The molecule has 0 N–H and O–H groups in total. The van der Waals surface area contributed by atoms with Crippen LogP contribution in [0.25, 0.3) is 0 Å². The Morgan fingerprint density at radius 1 is 0.900 bits per heavy atom. The van der Waals surface area contributed by atoms with Crippen molar-refractivity contribution >= 4 is 9.84 Å². The molecule has 0 saturated heterocycles. The lowest BCUT2D eigenvalue weighted by Crippen LogP contribution is -2.27. The summed E-state index contributed by atoms with van der Waals surface area (Å²) in [5.41, 5.74) is 0.887.